The van der Waals surface area contributed by atoms with E-state index in [9.17, 15) is 18.0 Å². The Hall–Kier alpha value is -2.62. The van der Waals surface area contributed by atoms with Crippen molar-refractivity contribution in [3.8, 4) is 17.2 Å². The van der Waals surface area contributed by atoms with Crippen LogP contribution in [0.5, 0.6) is 5.75 Å². The van der Waals surface area contributed by atoms with Gasteiger partial charge in [0.1, 0.15) is 5.75 Å². The van der Waals surface area contributed by atoms with Crippen LogP contribution in [0.25, 0.3) is 11.5 Å². The first-order valence-corrected chi connectivity index (χ1v) is 11.4. The van der Waals surface area contributed by atoms with Crippen molar-refractivity contribution in [2.75, 3.05) is 26.2 Å². The Bertz CT molecular complexity index is 929. The molecule has 0 spiro atoms. The van der Waals surface area contributed by atoms with Crippen molar-refractivity contribution in [3.05, 3.63) is 30.2 Å². The molecule has 1 aromatic heterocycles. The lowest BCUT2D eigenvalue weighted by Crippen LogP contribution is -2.52. The maximum Gasteiger partial charge on any atom is 0.470 e. The Labute approximate surface area is 190 Å². The van der Waals surface area contributed by atoms with Crippen LogP contribution < -0.4 is 4.74 Å². The van der Waals surface area contributed by atoms with Crippen molar-refractivity contribution in [2.24, 2.45) is 5.92 Å². The molecule has 1 aromatic carbocycles. The number of rotatable bonds is 5. The number of carbonyl (C=O) groups excluding carboxylic acids is 1. The van der Waals surface area contributed by atoms with Crippen LogP contribution in [0, 0.1) is 5.92 Å². The number of hydrogen-bond acceptors (Lipinski definition) is 6. The van der Waals surface area contributed by atoms with Gasteiger partial charge in [0.25, 0.3) is 0 Å². The number of benzene rings is 1. The van der Waals surface area contributed by atoms with E-state index in [4.69, 9.17) is 9.15 Å². The zero-order chi connectivity index (χ0) is 23.6. The summed E-state index contributed by atoms with van der Waals surface area (Å²) in [6.45, 7) is 7.81. The van der Waals surface area contributed by atoms with Gasteiger partial charge in [-0.15, -0.1) is 10.2 Å². The summed E-state index contributed by atoms with van der Waals surface area (Å²) in [6.07, 6.45) is -1.47. The fourth-order valence-corrected chi connectivity index (χ4v) is 4.47. The summed E-state index contributed by atoms with van der Waals surface area (Å²) in [5, 5.41) is 6.50. The summed E-state index contributed by atoms with van der Waals surface area (Å²) < 4.78 is 48.6. The molecular formula is C23H29F3N4O3. The number of ether oxygens (including phenoxy) is 1. The highest BCUT2D eigenvalue weighted by molar-refractivity contribution is 5.79. The minimum atomic E-state index is -4.67. The van der Waals surface area contributed by atoms with Crippen LogP contribution in [-0.2, 0) is 11.0 Å². The fourth-order valence-electron chi connectivity index (χ4n) is 4.47. The summed E-state index contributed by atoms with van der Waals surface area (Å²) in [6, 6.07) is 7.05. The SMILES string of the molecule is CC(C)N1CCN(C(=O)[C@H]2CC[C@H](Oc3ccc(-c4nnc(C(F)(F)F)o4)cc3)CC2)CC1. The van der Waals surface area contributed by atoms with Gasteiger partial charge in [0.05, 0.1) is 6.10 Å². The molecule has 1 aliphatic heterocycles. The molecule has 0 unspecified atom stereocenters. The van der Waals surface area contributed by atoms with Gasteiger partial charge < -0.3 is 14.1 Å². The second kappa shape index (κ2) is 9.70. The van der Waals surface area contributed by atoms with Gasteiger partial charge >= 0.3 is 12.1 Å². The van der Waals surface area contributed by atoms with Gasteiger partial charge in [-0.1, -0.05) is 0 Å². The van der Waals surface area contributed by atoms with Crippen LogP contribution in [0.3, 0.4) is 0 Å². The lowest BCUT2D eigenvalue weighted by molar-refractivity contribution is -0.157. The Morgan fingerprint density at radius 2 is 1.67 bits per heavy atom. The fraction of sp³-hybridized carbons (Fsp3) is 0.609. The zero-order valence-corrected chi connectivity index (χ0v) is 18.8. The molecule has 1 aliphatic carbocycles. The number of amides is 1. The molecule has 0 radical (unpaired) electrons. The first-order valence-electron chi connectivity index (χ1n) is 11.4. The molecule has 0 atom stereocenters. The number of nitrogens with zero attached hydrogens (tertiary/aromatic N) is 4. The molecule has 180 valence electrons. The molecule has 33 heavy (non-hydrogen) atoms. The van der Waals surface area contributed by atoms with E-state index >= 15 is 0 Å². The first kappa shape index (κ1) is 23.5. The van der Waals surface area contributed by atoms with Gasteiger partial charge in [0, 0.05) is 43.7 Å². The predicted octanol–water partition coefficient (Wildman–Crippen LogP) is 4.25. The molecule has 1 amide bonds. The third-order valence-electron chi connectivity index (χ3n) is 6.45. The largest absolute Gasteiger partial charge is 0.490 e. The smallest absolute Gasteiger partial charge is 0.470 e. The summed E-state index contributed by atoms with van der Waals surface area (Å²) in [4.78, 5) is 17.3. The van der Waals surface area contributed by atoms with E-state index in [1.165, 1.54) is 0 Å². The average molecular weight is 467 g/mol. The minimum Gasteiger partial charge on any atom is -0.490 e. The molecule has 2 aromatic rings. The summed E-state index contributed by atoms with van der Waals surface area (Å²) >= 11 is 0. The summed E-state index contributed by atoms with van der Waals surface area (Å²) in [7, 11) is 0. The quantitative estimate of drug-likeness (QED) is 0.656. The van der Waals surface area contributed by atoms with E-state index in [1.807, 2.05) is 4.90 Å². The molecule has 7 nitrogen and oxygen atoms in total. The van der Waals surface area contributed by atoms with Crippen molar-refractivity contribution in [1.82, 2.24) is 20.0 Å². The summed E-state index contributed by atoms with van der Waals surface area (Å²) in [5.74, 6) is -0.626. The van der Waals surface area contributed by atoms with E-state index in [0.29, 0.717) is 17.4 Å². The van der Waals surface area contributed by atoms with Gasteiger partial charge in [0.2, 0.25) is 11.8 Å². The van der Waals surface area contributed by atoms with Crippen molar-refractivity contribution < 1.29 is 27.1 Å². The third kappa shape index (κ3) is 5.66. The zero-order valence-electron chi connectivity index (χ0n) is 18.8. The van der Waals surface area contributed by atoms with Gasteiger partial charge in [0.15, 0.2) is 0 Å². The van der Waals surface area contributed by atoms with Gasteiger partial charge in [-0.2, -0.15) is 13.2 Å². The molecule has 10 heteroatoms. The van der Waals surface area contributed by atoms with E-state index in [-0.39, 0.29) is 23.8 Å². The minimum absolute atomic E-state index is 0.0120. The second-order valence-electron chi connectivity index (χ2n) is 8.98. The number of carbonyl (C=O) groups is 1. The number of hydrogen-bond donors (Lipinski definition) is 0. The Morgan fingerprint density at radius 3 is 2.21 bits per heavy atom. The Morgan fingerprint density at radius 1 is 1.03 bits per heavy atom. The van der Waals surface area contributed by atoms with Crippen LogP contribution >= 0.6 is 0 Å². The maximum atomic E-state index is 12.9. The number of halogens is 3. The van der Waals surface area contributed by atoms with E-state index in [2.05, 4.69) is 28.9 Å². The average Bonchev–Trinajstić information content (AvgIpc) is 3.31. The molecule has 1 saturated carbocycles. The predicted molar refractivity (Wildman–Crippen MR) is 114 cm³/mol. The number of aromatic nitrogens is 2. The topological polar surface area (TPSA) is 71.7 Å². The molecule has 1 saturated heterocycles. The lowest BCUT2D eigenvalue weighted by Gasteiger charge is -2.39. The van der Waals surface area contributed by atoms with E-state index < -0.39 is 12.1 Å². The molecule has 0 bridgehead atoms. The lowest BCUT2D eigenvalue weighted by atomic mass is 9.86. The highest BCUT2D eigenvalue weighted by Crippen LogP contribution is 2.32. The molecule has 2 heterocycles. The van der Waals surface area contributed by atoms with Crippen LogP contribution in [0.4, 0.5) is 13.2 Å². The Kier molecular flexibility index (Phi) is 6.92. The summed E-state index contributed by atoms with van der Waals surface area (Å²) in [5.41, 5.74) is 0.386. The monoisotopic (exact) mass is 466 g/mol. The van der Waals surface area contributed by atoms with Crippen LogP contribution in [-0.4, -0.2) is 64.2 Å². The number of piperazine rings is 1. The molecule has 2 fully saturated rings. The normalized spacial score (nSPS) is 22.5. The van der Waals surface area contributed by atoms with E-state index in [0.717, 1.165) is 51.9 Å². The maximum absolute atomic E-state index is 12.9. The molecule has 2 aliphatic rings. The third-order valence-corrected chi connectivity index (χ3v) is 6.45. The second-order valence-corrected chi connectivity index (χ2v) is 8.98. The molecular weight excluding hydrogens is 437 g/mol. The van der Waals surface area contributed by atoms with Crippen molar-refractivity contribution in [1.29, 1.82) is 0 Å². The first-order chi connectivity index (χ1) is 15.7. The van der Waals surface area contributed by atoms with Crippen LogP contribution in [0.2, 0.25) is 0 Å². The van der Waals surface area contributed by atoms with Crippen LogP contribution in [0.15, 0.2) is 28.7 Å². The van der Waals surface area contributed by atoms with E-state index in [1.54, 1.807) is 24.3 Å². The number of alkyl halides is 3. The van der Waals surface area contributed by atoms with Gasteiger partial charge in [-0.3, -0.25) is 9.69 Å². The van der Waals surface area contributed by atoms with Crippen molar-refractivity contribution in [2.45, 2.75) is 57.9 Å². The van der Waals surface area contributed by atoms with Crippen LogP contribution in [0.1, 0.15) is 45.4 Å². The highest BCUT2D eigenvalue weighted by Gasteiger charge is 2.38. The molecule has 0 N–H and O–H groups in total. The van der Waals surface area contributed by atoms with Crippen molar-refractivity contribution >= 4 is 5.91 Å². The Balaban J connectivity index is 1.25. The van der Waals surface area contributed by atoms with Gasteiger partial charge in [-0.25, -0.2) is 0 Å². The standard InChI is InChI=1S/C23H29F3N4O3/c1-15(2)29-11-13-30(14-12-29)21(31)17-5-9-19(10-6-17)32-18-7-3-16(4-8-18)20-27-28-22(33-20)23(24,25)26/h3-4,7-8,15,17,19H,5-6,9-14H2,1-2H3/t17-,19-. The highest BCUT2D eigenvalue weighted by atomic mass is 19.4. The van der Waals surface area contributed by atoms with Gasteiger partial charge in [-0.05, 0) is 63.8 Å². The molecule has 4 rings (SSSR count). The van der Waals surface area contributed by atoms with Crippen molar-refractivity contribution in [3.63, 3.8) is 0 Å².